The first-order valence-electron chi connectivity index (χ1n) is 6.10. The predicted octanol–water partition coefficient (Wildman–Crippen LogP) is 2.29. The number of ether oxygens (including phenoxy) is 2. The molecule has 0 bridgehead atoms. The van der Waals surface area contributed by atoms with Crippen LogP contribution in [-0.2, 0) is 9.47 Å². The highest BCUT2D eigenvalue weighted by molar-refractivity contribution is 9.09. The van der Waals surface area contributed by atoms with Crippen LogP contribution in [0.2, 0.25) is 0 Å². The van der Waals surface area contributed by atoms with E-state index in [-0.39, 0.29) is 12.3 Å². The van der Waals surface area contributed by atoms with E-state index in [1.807, 2.05) is 0 Å². The van der Waals surface area contributed by atoms with E-state index in [0.717, 1.165) is 0 Å². The number of nitrogens with zero attached hydrogens (tertiary/aromatic N) is 1. The van der Waals surface area contributed by atoms with Gasteiger partial charge in [0.25, 0.3) is 5.69 Å². The lowest BCUT2D eigenvalue weighted by atomic mass is 10.1. The fourth-order valence-corrected chi connectivity index (χ4v) is 2.54. The molecule has 0 amide bonds. The molecular weight excluding hydrogens is 328 g/mol. The van der Waals surface area contributed by atoms with Gasteiger partial charge < -0.3 is 15.2 Å². The third kappa shape index (κ3) is 3.06. The Bertz CT molecular complexity index is 523. The largest absolute Gasteiger partial charge is 0.343 e. The normalized spacial score (nSPS) is 26.2. The molecule has 0 aliphatic carbocycles. The summed E-state index contributed by atoms with van der Waals surface area (Å²) in [5.41, 5.74) is 5.98. The number of hydrogen-bond acceptors (Lipinski definition) is 5. The maximum atomic E-state index is 11.1. The minimum atomic E-state index is -0.923. The molecule has 1 heterocycles. The molecule has 7 heteroatoms. The first-order chi connectivity index (χ1) is 9.62. The van der Waals surface area contributed by atoms with Gasteiger partial charge in [-0.2, -0.15) is 0 Å². The summed E-state index contributed by atoms with van der Waals surface area (Å²) in [7, 11) is 0. The molecule has 1 saturated heterocycles. The average Bonchev–Trinajstić information content (AvgIpc) is 2.90. The number of alkyl halides is 1. The molecule has 1 aliphatic heterocycles. The quantitative estimate of drug-likeness (QED) is 0.384. The van der Waals surface area contributed by atoms with Crippen LogP contribution in [0.25, 0.3) is 0 Å². The highest BCUT2D eigenvalue weighted by Crippen LogP contribution is 2.38. The molecule has 1 aliphatic rings. The Morgan fingerprint density at radius 2 is 2.30 bits per heavy atom. The third-order valence-electron chi connectivity index (χ3n) is 3.00. The predicted molar refractivity (Wildman–Crippen MR) is 77.6 cm³/mol. The van der Waals surface area contributed by atoms with Gasteiger partial charge in [-0.15, -0.1) is 0 Å². The second-order valence-corrected chi connectivity index (χ2v) is 4.88. The van der Waals surface area contributed by atoms with Crippen molar-refractivity contribution < 1.29 is 14.4 Å². The van der Waals surface area contributed by atoms with Gasteiger partial charge >= 0.3 is 0 Å². The molecule has 20 heavy (non-hydrogen) atoms. The standard InChI is InChI=1S/C13H15BrN2O4/c14-9-13(6-3-7-15)19-8-12(20-13)10-4-1-2-5-11(10)16(17)18/h1-6,12H,7-9,15H2/b6-3+. The van der Waals surface area contributed by atoms with Crippen molar-refractivity contribution in [2.24, 2.45) is 5.73 Å². The topological polar surface area (TPSA) is 87.6 Å². The number of nitrogens with two attached hydrogens (primary N) is 1. The van der Waals surface area contributed by atoms with Gasteiger partial charge in [0.05, 0.1) is 22.4 Å². The van der Waals surface area contributed by atoms with E-state index < -0.39 is 16.8 Å². The third-order valence-corrected chi connectivity index (χ3v) is 3.78. The Labute approximate surface area is 124 Å². The van der Waals surface area contributed by atoms with Crippen LogP contribution in [0.15, 0.2) is 36.4 Å². The van der Waals surface area contributed by atoms with Crippen molar-refractivity contribution in [2.45, 2.75) is 11.9 Å². The van der Waals surface area contributed by atoms with E-state index in [9.17, 15) is 10.1 Å². The molecule has 2 atom stereocenters. The van der Waals surface area contributed by atoms with Crippen LogP contribution in [0.5, 0.6) is 0 Å². The molecule has 1 aromatic rings. The second kappa shape index (κ2) is 6.45. The summed E-state index contributed by atoms with van der Waals surface area (Å²) < 4.78 is 11.5. The first-order valence-corrected chi connectivity index (χ1v) is 7.23. The number of nitro groups is 1. The van der Waals surface area contributed by atoms with Crippen LogP contribution in [0.4, 0.5) is 5.69 Å². The van der Waals surface area contributed by atoms with E-state index in [0.29, 0.717) is 17.4 Å². The van der Waals surface area contributed by atoms with Crippen LogP contribution in [0, 0.1) is 10.1 Å². The van der Waals surface area contributed by atoms with E-state index >= 15 is 0 Å². The first kappa shape index (κ1) is 15.1. The molecule has 6 nitrogen and oxygen atoms in total. The summed E-state index contributed by atoms with van der Waals surface area (Å²) in [6.07, 6.45) is 3.00. The molecule has 0 spiro atoms. The highest BCUT2D eigenvalue weighted by Gasteiger charge is 2.41. The fraction of sp³-hybridized carbons (Fsp3) is 0.385. The summed E-state index contributed by atoms with van der Waals surface area (Å²) in [5.74, 6) is -0.923. The maximum absolute atomic E-state index is 11.1. The van der Waals surface area contributed by atoms with Crippen molar-refractivity contribution >= 4 is 21.6 Å². The maximum Gasteiger partial charge on any atom is 0.275 e. The van der Waals surface area contributed by atoms with Gasteiger partial charge in [-0.3, -0.25) is 10.1 Å². The van der Waals surface area contributed by atoms with E-state index in [4.69, 9.17) is 15.2 Å². The molecule has 0 aromatic heterocycles. The molecule has 0 saturated carbocycles. The summed E-state index contributed by atoms with van der Waals surface area (Å²) in [4.78, 5) is 10.6. The Balaban J connectivity index is 2.25. The van der Waals surface area contributed by atoms with Gasteiger partial charge in [-0.1, -0.05) is 34.1 Å². The molecule has 2 unspecified atom stereocenters. The Morgan fingerprint density at radius 3 is 2.95 bits per heavy atom. The van der Waals surface area contributed by atoms with Crippen molar-refractivity contribution in [1.29, 1.82) is 0 Å². The van der Waals surface area contributed by atoms with Gasteiger partial charge in [0.15, 0.2) is 5.79 Å². The number of para-hydroxylation sites is 1. The van der Waals surface area contributed by atoms with Crippen molar-refractivity contribution in [3.8, 4) is 0 Å². The highest BCUT2D eigenvalue weighted by atomic mass is 79.9. The fourth-order valence-electron chi connectivity index (χ4n) is 2.05. The van der Waals surface area contributed by atoms with E-state index in [1.165, 1.54) is 6.07 Å². The molecule has 108 valence electrons. The average molecular weight is 343 g/mol. The van der Waals surface area contributed by atoms with E-state index in [1.54, 1.807) is 30.4 Å². The van der Waals surface area contributed by atoms with Gasteiger partial charge in [0, 0.05) is 12.6 Å². The summed E-state index contributed by atoms with van der Waals surface area (Å²) in [5, 5.41) is 11.5. The summed E-state index contributed by atoms with van der Waals surface area (Å²) >= 11 is 3.34. The van der Waals surface area contributed by atoms with Crippen LogP contribution < -0.4 is 5.73 Å². The second-order valence-electron chi connectivity index (χ2n) is 4.32. The minimum Gasteiger partial charge on any atom is -0.343 e. The Kier molecular flexibility index (Phi) is 4.87. The molecule has 1 aromatic carbocycles. The van der Waals surface area contributed by atoms with Crippen molar-refractivity contribution in [3.63, 3.8) is 0 Å². The monoisotopic (exact) mass is 342 g/mol. The minimum absolute atomic E-state index is 0.0364. The zero-order chi connectivity index (χ0) is 14.6. The summed E-state index contributed by atoms with van der Waals surface area (Å²) in [6.45, 7) is 0.628. The van der Waals surface area contributed by atoms with Crippen molar-refractivity contribution in [3.05, 3.63) is 52.1 Å². The number of nitro benzene ring substituents is 1. The van der Waals surface area contributed by atoms with Gasteiger partial charge in [0.2, 0.25) is 0 Å². The van der Waals surface area contributed by atoms with Gasteiger partial charge in [-0.05, 0) is 12.1 Å². The zero-order valence-electron chi connectivity index (χ0n) is 10.7. The van der Waals surface area contributed by atoms with Crippen LogP contribution in [0.3, 0.4) is 0 Å². The summed E-state index contributed by atoms with van der Waals surface area (Å²) in [6, 6.07) is 6.52. The van der Waals surface area contributed by atoms with Crippen LogP contribution in [0.1, 0.15) is 11.7 Å². The van der Waals surface area contributed by atoms with Crippen molar-refractivity contribution in [2.75, 3.05) is 18.5 Å². The Hall–Kier alpha value is -1.28. The molecule has 2 rings (SSSR count). The number of benzene rings is 1. The lowest BCUT2D eigenvalue weighted by Gasteiger charge is -2.21. The molecular formula is C13H15BrN2O4. The number of halogens is 1. The van der Waals surface area contributed by atoms with Crippen LogP contribution >= 0.6 is 15.9 Å². The lowest BCUT2D eigenvalue weighted by molar-refractivity contribution is -0.386. The Morgan fingerprint density at radius 1 is 1.55 bits per heavy atom. The van der Waals surface area contributed by atoms with E-state index in [2.05, 4.69) is 15.9 Å². The van der Waals surface area contributed by atoms with Gasteiger partial charge in [0.1, 0.15) is 6.10 Å². The lowest BCUT2D eigenvalue weighted by Crippen LogP contribution is -2.29. The smallest absolute Gasteiger partial charge is 0.275 e. The molecule has 1 fully saturated rings. The number of rotatable bonds is 5. The molecule has 0 radical (unpaired) electrons. The zero-order valence-corrected chi connectivity index (χ0v) is 12.3. The SMILES string of the molecule is NC/C=C/C1(CBr)OCC(c2ccccc2[N+](=O)[O-])O1. The molecule has 2 N–H and O–H groups in total. The van der Waals surface area contributed by atoms with Crippen LogP contribution in [-0.4, -0.2) is 29.2 Å². The number of hydrogen-bond donors (Lipinski definition) is 1. The van der Waals surface area contributed by atoms with Crippen molar-refractivity contribution in [1.82, 2.24) is 0 Å². The van der Waals surface area contributed by atoms with Gasteiger partial charge in [-0.25, -0.2) is 0 Å².